The van der Waals surface area contributed by atoms with Crippen LogP contribution in [-0.2, 0) is 0 Å². The Bertz CT molecular complexity index is 116. The number of rotatable bonds is 7. The second kappa shape index (κ2) is 7.24. The Morgan fingerprint density at radius 2 is 1.64 bits per heavy atom. The van der Waals surface area contributed by atoms with Crippen LogP contribution in [0.4, 0.5) is 0 Å². The van der Waals surface area contributed by atoms with E-state index in [4.69, 9.17) is 0 Å². The molecule has 0 aromatic rings. The van der Waals surface area contributed by atoms with Crippen molar-refractivity contribution in [1.29, 1.82) is 0 Å². The Hall–Kier alpha value is -0.0800. The molecule has 2 heteroatoms. The van der Waals surface area contributed by atoms with Gasteiger partial charge in [0.2, 0.25) is 0 Å². The maximum Gasteiger partial charge on any atom is 0.00617 e. The van der Waals surface area contributed by atoms with Crippen LogP contribution in [0.5, 0.6) is 0 Å². The Labute approximate surface area is 90.1 Å². The lowest BCUT2D eigenvalue weighted by Crippen LogP contribution is -2.34. The summed E-state index contributed by atoms with van der Waals surface area (Å²) in [5.74, 6) is 0.734. The standard InChI is InChI=1S/C12H28N2/c1-10(2)12(5)13-8-7-9-14(6)11(3)4/h10-13H,7-9H2,1-6H3. The Balaban J connectivity index is 3.38. The molecule has 0 rings (SSSR count). The van der Waals surface area contributed by atoms with Gasteiger partial charge in [-0.1, -0.05) is 13.8 Å². The fraction of sp³-hybridized carbons (Fsp3) is 1.00. The number of hydrogen-bond donors (Lipinski definition) is 1. The first-order valence-corrected chi connectivity index (χ1v) is 5.88. The van der Waals surface area contributed by atoms with E-state index in [9.17, 15) is 0 Å². The van der Waals surface area contributed by atoms with Gasteiger partial charge in [-0.05, 0) is 53.2 Å². The molecule has 0 aromatic carbocycles. The van der Waals surface area contributed by atoms with Crippen LogP contribution >= 0.6 is 0 Å². The lowest BCUT2D eigenvalue weighted by molar-refractivity contribution is 0.266. The second-order valence-corrected chi connectivity index (χ2v) is 4.91. The van der Waals surface area contributed by atoms with E-state index in [0.717, 1.165) is 12.5 Å². The van der Waals surface area contributed by atoms with Crippen molar-refractivity contribution in [2.24, 2.45) is 5.92 Å². The highest BCUT2D eigenvalue weighted by Gasteiger charge is 2.06. The molecule has 0 amide bonds. The number of nitrogens with zero attached hydrogens (tertiary/aromatic N) is 1. The van der Waals surface area contributed by atoms with Crippen LogP contribution in [0.2, 0.25) is 0 Å². The van der Waals surface area contributed by atoms with Crippen molar-refractivity contribution in [2.75, 3.05) is 20.1 Å². The van der Waals surface area contributed by atoms with E-state index in [1.807, 2.05) is 0 Å². The molecule has 0 aliphatic carbocycles. The summed E-state index contributed by atoms with van der Waals surface area (Å²) in [4.78, 5) is 2.39. The molecule has 0 saturated carbocycles. The van der Waals surface area contributed by atoms with Crippen molar-refractivity contribution in [1.82, 2.24) is 10.2 Å². The maximum absolute atomic E-state index is 3.55. The Kier molecular flexibility index (Phi) is 7.20. The number of hydrogen-bond acceptors (Lipinski definition) is 2. The van der Waals surface area contributed by atoms with Crippen LogP contribution in [-0.4, -0.2) is 37.1 Å². The molecule has 0 heterocycles. The third-order valence-corrected chi connectivity index (χ3v) is 3.04. The molecule has 1 N–H and O–H groups in total. The largest absolute Gasteiger partial charge is 0.314 e. The predicted molar refractivity (Wildman–Crippen MR) is 64.7 cm³/mol. The van der Waals surface area contributed by atoms with Crippen molar-refractivity contribution < 1.29 is 0 Å². The van der Waals surface area contributed by atoms with Crippen molar-refractivity contribution in [3.05, 3.63) is 0 Å². The summed E-state index contributed by atoms with van der Waals surface area (Å²) in [6.07, 6.45) is 1.24. The summed E-state index contributed by atoms with van der Waals surface area (Å²) < 4.78 is 0. The van der Waals surface area contributed by atoms with Crippen LogP contribution in [0.15, 0.2) is 0 Å². The second-order valence-electron chi connectivity index (χ2n) is 4.91. The van der Waals surface area contributed by atoms with Crippen molar-refractivity contribution in [3.63, 3.8) is 0 Å². The van der Waals surface area contributed by atoms with E-state index in [1.54, 1.807) is 0 Å². The SMILES string of the molecule is CC(C)C(C)NCCCN(C)C(C)C. The minimum absolute atomic E-state index is 0.638. The molecule has 0 aliphatic heterocycles. The molecular formula is C12H28N2. The van der Waals surface area contributed by atoms with E-state index >= 15 is 0 Å². The predicted octanol–water partition coefficient (Wildman–Crippen LogP) is 2.35. The average Bonchev–Trinajstić information content (AvgIpc) is 2.11. The minimum atomic E-state index is 0.638. The molecule has 0 aromatic heterocycles. The molecule has 0 fully saturated rings. The van der Waals surface area contributed by atoms with Gasteiger partial charge in [-0.2, -0.15) is 0 Å². The summed E-state index contributed by atoms with van der Waals surface area (Å²) in [5, 5.41) is 3.55. The summed E-state index contributed by atoms with van der Waals surface area (Å²) in [6.45, 7) is 13.6. The van der Waals surface area contributed by atoms with Gasteiger partial charge in [0.25, 0.3) is 0 Å². The first kappa shape index (κ1) is 13.9. The zero-order valence-corrected chi connectivity index (χ0v) is 10.8. The van der Waals surface area contributed by atoms with Crippen LogP contribution in [0.3, 0.4) is 0 Å². The Morgan fingerprint density at radius 1 is 1.07 bits per heavy atom. The average molecular weight is 200 g/mol. The lowest BCUT2D eigenvalue weighted by Gasteiger charge is -2.22. The fourth-order valence-corrected chi connectivity index (χ4v) is 1.15. The van der Waals surface area contributed by atoms with E-state index in [1.165, 1.54) is 13.0 Å². The van der Waals surface area contributed by atoms with E-state index < -0.39 is 0 Å². The lowest BCUT2D eigenvalue weighted by atomic mass is 10.1. The summed E-state index contributed by atoms with van der Waals surface area (Å²) in [7, 11) is 2.19. The van der Waals surface area contributed by atoms with Crippen LogP contribution in [0.25, 0.3) is 0 Å². The van der Waals surface area contributed by atoms with E-state index in [0.29, 0.717) is 12.1 Å². The van der Waals surface area contributed by atoms with Gasteiger partial charge in [-0.15, -0.1) is 0 Å². The number of nitrogens with one attached hydrogen (secondary N) is 1. The van der Waals surface area contributed by atoms with Gasteiger partial charge in [0.15, 0.2) is 0 Å². The van der Waals surface area contributed by atoms with Crippen LogP contribution in [0.1, 0.15) is 41.0 Å². The zero-order chi connectivity index (χ0) is 11.1. The van der Waals surface area contributed by atoms with E-state index in [-0.39, 0.29) is 0 Å². The van der Waals surface area contributed by atoms with Gasteiger partial charge < -0.3 is 10.2 Å². The first-order valence-electron chi connectivity index (χ1n) is 5.88. The molecule has 1 atom stereocenters. The molecule has 14 heavy (non-hydrogen) atoms. The molecule has 86 valence electrons. The highest BCUT2D eigenvalue weighted by molar-refractivity contribution is 4.65. The topological polar surface area (TPSA) is 15.3 Å². The summed E-state index contributed by atoms with van der Waals surface area (Å²) in [5.41, 5.74) is 0. The molecule has 2 nitrogen and oxygen atoms in total. The fourth-order valence-electron chi connectivity index (χ4n) is 1.15. The molecule has 0 saturated heterocycles. The smallest absolute Gasteiger partial charge is 0.00617 e. The van der Waals surface area contributed by atoms with Crippen molar-refractivity contribution in [3.8, 4) is 0 Å². The quantitative estimate of drug-likeness (QED) is 0.635. The third kappa shape index (κ3) is 6.39. The summed E-state index contributed by atoms with van der Waals surface area (Å²) in [6, 6.07) is 1.30. The normalized spacial score (nSPS) is 14.4. The van der Waals surface area contributed by atoms with Gasteiger partial charge in [-0.25, -0.2) is 0 Å². The molecule has 0 aliphatic rings. The molecule has 1 unspecified atom stereocenters. The highest BCUT2D eigenvalue weighted by Crippen LogP contribution is 2.00. The van der Waals surface area contributed by atoms with Crippen molar-refractivity contribution >= 4 is 0 Å². The van der Waals surface area contributed by atoms with Gasteiger partial charge in [0, 0.05) is 12.1 Å². The van der Waals surface area contributed by atoms with Gasteiger partial charge in [-0.3, -0.25) is 0 Å². The molecule has 0 bridgehead atoms. The van der Waals surface area contributed by atoms with Gasteiger partial charge in [0.05, 0.1) is 0 Å². The zero-order valence-electron chi connectivity index (χ0n) is 10.8. The van der Waals surface area contributed by atoms with Crippen LogP contribution in [0, 0.1) is 5.92 Å². The minimum Gasteiger partial charge on any atom is -0.314 e. The molecule has 0 radical (unpaired) electrons. The highest BCUT2D eigenvalue weighted by atomic mass is 15.1. The first-order chi connectivity index (χ1) is 6.45. The van der Waals surface area contributed by atoms with Crippen LogP contribution < -0.4 is 5.32 Å². The third-order valence-electron chi connectivity index (χ3n) is 3.04. The summed E-state index contributed by atoms with van der Waals surface area (Å²) >= 11 is 0. The molecular weight excluding hydrogens is 172 g/mol. The Morgan fingerprint density at radius 3 is 2.07 bits per heavy atom. The van der Waals surface area contributed by atoms with Gasteiger partial charge >= 0.3 is 0 Å². The van der Waals surface area contributed by atoms with Gasteiger partial charge in [0.1, 0.15) is 0 Å². The van der Waals surface area contributed by atoms with Crippen molar-refractivity contribution in [2.45, 2.75) is 53.1 Å². The monoisotopic (exact) mass is 200 g/mol. The van der Waals surface area contributed by atoms with E-state index in [2.05, 4.69) is 51.9 Å². The maximum atomic E-state index is 3.55. The molecule has 0 spiro atoms.